The molecule has 0 aliphatic heterocycles. The van der Waals surface area contributed by atoms with Crippen LogP contribution in [0.5, 0.6) is 0 Å². The summed E-state index contributed by atoms with van der Waals surface area (Å²) < 4.78 is 42.4. The summed E-state index contributed by atoms with van der Waals surface area (Å²) in [4.78, 5) is 17.1. The number of fused-ring (bicyclic) bond motifs is 3. The Kier molecular flexibility index (Phi) is 5.37. The van der Waals surface area contributed by atoms with Gasteiger partial charge in [0.2, 0.25) is 0 Å². The highest BCUT2D eigenvalue weighted by Gasteiger charge is 2.30. The Morgan fingerprint density at radius 2 is 1.94 bits per heavy atom. The molecule has 3 aromatic heterocycles. The molecule has 3 heterocycles. The van der Waals surface area contributed by atoms with Gasteiger partial charge in [-0.15, -0.1) is 11.3 Å². The van der Waals surface area contributed by atoms with E-state index in [1.54, 1.807) is 51.6 Å². The molecule has 0 fully saturated rings. The highest BCUT2D eigenvalue weighted by atomic mass is 32.1. The van der Waals surface area contributed by atoms with E-state index in [-0.39, 0.29) is 12.5 Å². The van der Waals surface area contributed by atoms with Gasteiger partial charge in [-0.3, -0.25) is 14.0 Å². The molecule has 5 aromatic rings. The molecule has 1 unspecified atom stereocenters. The predicted octanol–water partition coefficient (Wildman–Crippen LogP) is 4.46. The first-order valence-electron chi connectivity index (χ1n) is 10.2. The van der Waals surface area contributed by atoms with Crippen LogP contribution in [0, 0.1) is 0 Å². The minimum Gasteiger partial charge on any atom is -0.394 e. The molecule has 0 saturated carbocycles. The second kappa shape index (κ2) is 8.26. The van der Waals surface area contributed by atoms with Gasteiger partial charge < -0.3 is 10.4 Å². The number of nitrogens with zero attached hydrogens (tertiary/aromatic N) is 4. The van der Waals surface area contributed by atoms with E-state index in [2.05, 4.69) is 15.4 Å². The van der Waals surface area contributed by atoms with Crippen molar-refractivity contribution in [1.29, 1.82) is 0 Å². The maximum absolute atomic E-state index is 13.0. The number of alkyl halides is 3. The second-order valence-corrected chi connectivity index (χ2v) is 8.49. The predicted molar refractivity (Wildman–Crippen MR) is 122 cm³/mol. The summed E-state index contributed by atoms with van der Waals surface area (Å²) >= 11 is 1.37. The number of rotatable bonds is 5. The van der Waals surface area contributed by atoms with E-state index in [0.29, 0.717) is 28.1 Å². The molecule has 0 aliphatic rings. The van der Waals surface area contributed by atoms with E-state index in [9.17, 15) is 23.1 Å². The van der Waals surface area contributed by atoms with Crippen molar-refractivity contribution in [1.82, 2.24) is 24.6 Å². The van der Waals surface area contributed by atoms with Gasteiger partial charge in [0.05, 0.1) is 34.9 Å². The number of amides is 1. The quantitative estimate of drug-likeness (QED) is 0.385. The Labute approximate surface area is 195 Å². The highest BCUT2D eigenvalue weighted by molar-refractivity contribution is 7.07. The van der Waals surface area contributed by atoms with Crippen LogP contribution in [0.2, 0.25) is 0 Å². The molecule has 11 heteroatoms. The number of thiazole rings is 1. The monoisotopic (exact) mass is 485 g/mol. The molecule has 2 N–H and O–H groups in total. The van der Waals surface area contributed by atoms with Gasteiger partial charge in [0.25, 0.3) is 5.91 Å². The summed E-state index contributed by atoms with van der Waals surface area (Å²) in [5.74, 6) is -0.381. The maximum atomic E-state index is 13.0. The number of aryl methyl sites for hydroxylation is 1. The Bertz CT molecular complexity index is 1490. The first-order valence-corrected chi connectivity index (χ1v) is 11.2. The zero-order valence-corrected chi connectivity index (χ0v) is 18.6. The molecule has 174 valence electrons. The number of aromatic nitrogens is 4. The molecule has 7 nitrogen and oxygen atoms in total. The highest BCUT2D eigenvalue weighted by Crippen LogP contribution is 2.34. The molecule has 2 aromatic carbocycles. The fourth-order valence-electron chi connectivity index (χ4n) is 3.94. The summed E-state index contributed by atoms with van der Waals surface area (Å²) in [6.07, 6.45) is -2.63. The first-order chi connectivity index (χ1) is 16.3. The lowest BCUT2D eigenvalue weighted by atomic mass is 10.1. The van der Waals surface area contributed by atoms with Crippen LogP contribution in [0.3, 0.4) is 0 Å². The third-order valence-electron chi connectivity index (χ3n) is 5.56. The van der Waals surface area contributed by atoms with Crippen LogP contribution in [0.25, 0.3) is 27.6 Å². The van der Waals surface area contributed by atoms with E-state index in [4.69, 9.17) is 0 Å². The van der Waals surface area contributed by atoms with Crippen LogP contribution >= 0.6 is 11.3 Å². The van der Waals surface area contributed by atoms with Crippen LogP contribution in [-0.4, -0.2) is 37.0 Å². The van der Waals surface area contributed by atoms with Crippen molar-refractivity contribution in [3.63, 3.8) is 0 Å². The SMILES string of the molecule is Cn1cc2c3cc(C(=O)NC(CO)c4cscn4)ccc3n(-c3ccc(C(F)(F)F)cc3)c2n1. The molecular formula is C23H18F3N5O2S. The number of nitrogens with one attached hydrogen (secondary N) is 1. The van der Waals surface area contributed by atoms with Gasteiger partial charge in [0, 0.05) is 40.6 Å². The number of carbonyl (C=O) groups excluding carboxylic acids is 1. The van der Waals surface area contributed by atoms with Crippen molar-refractivity contribution in [2.75, 3.05) is 6.61 Å². The van der Waals surface area contributed by atoms with Crippen molar-refractivity contribution in [3.8, 4) is 5.69 Å². The summed E-state index contributed by atoms with van der Waals surface area (Å²) in [6, 6.07) is 9.31. The van der Waals surface area contributed by atoms with Gasteiger partial charge in [0.1, 0.15) is 0 Å². The summed E-state index contributed by atoms with van der Waals surface area (Å²) in [5, 5.41) is 20.2. The fourth-order valence-corrected chi connectivity index (χ4v) is 4.55. The molecule has 0 saturated heterocycles. The van der Waals surface area contributed by atoms with Crippen molar-refractivity contribution in [2.24, 2.45) is 7.05 Å². The van der Waals surface area contributed by atoms with Gasteiger partial charge in [-0.2, -0.15) is 18.3 Å². The number of hydrogen-bond donors (Lipinski definition) is 2. The van der Waals surface area contributed by atoms with E-state index in [0.717, 1.165) is 22.9 Å². The zero-order valence-electron chi connectivity index (χ0n) is 17.7. The number of aliphatic hydroxyl groups is 1. The lowest BCUT2D eigenvalue weighted by molar-refractivity contribution is -0.137. The largest absolute Gasteiger partial charge is 0.416 e. The second-order valence-electron chi connectivity index (χ2n) is 7.77. The lowest BCUT2D eigenvalue weighted by Gasteiger charge is -2.14. The third kappa shape index (κ3) is 3.82. The first kappa shape index (κ1) is 22.1. The normalized spacial score (nSPS) is 13.0. The smallest absolute Gasteiger partial charge is 0.394 e. The Hall–Kier alpha value is -3.70. The average Bonchev–Trinajstić information content (AvgIpc) is 3.53. The zero-order chi connectivity index (χ0) is 24.0. The molecule has 5 rings (SSSR count). The number of hydrogen-bond acceptors (Lipinski definition) is 5. The maximum Gasteiger partial charge on any atom is 0.416 e. The molecule has 0 spiro atoms. The van der Waals surface area contributed by atoms with Crippen LogP contribution in [0.1, 0.15) is 27.7 Å². The minimum atomic E-state index is -4.43. The lowest BCUT2D eigenvalue weighted by Crippen LogP contribution is -2.30. The van der Waals surface area contributed by atoms with Gasteiger partial charge in [-0.05, 0) is 42.5 Å². The molecule has 34 heavy (non-hydrogen) atoms. The van der Waals surface area contributed by atoms with Crippen molar-refractivity contribution < 1.29 is 23.1 Å². The number of aliphatic hydroxyl groups excluding tert-OH is 1. The van der Waals surface area contributed by atoms with E-state index < -0.39 is 17.8 Å². The standard InChI is InChI=1S/C23H18F3N5O2S/c1-30-9-17-16-8-13(22(33)28-18(10-32)19-11-34-12-27-19)2-7-20(16)31(21(17)29-30)15-5-3-14(4-6-15)23(24,25)26/h2-9,11-12,18,32H,10H2,1H3,(H,28,33). The van der Waals surface area contributed by atoms with Crippen LogP contribution in [-0.2, 0) is 13.2 Å². The molecular weight excluding hydrogens is 467 g/mol. The van der Waals surface area contributed by atoms with Crippen molar-refractivity contribution >= 4 is 39.2 Å². The van der Waals surface area contributed by atoms with Gasteiger partial charge in [-0.1, -0.05) is 0 Å². The van der Waals surface area contributed by atoms with Crippen LogP contribution in [0.4, 0.5) is 13.2 Å². The van der Waals surface area contributed by atoms with Crippen molar-refractivity contribution in [2.45, 2.75) is 12.2 Å². The summed E-state index contributed by atoms with van der Waals surface area (Å²) in [6.45, 7) is -0.297. The van der Waals surface area contributed by atoms with E-state index in [1.807, 2.05) is 0 Å². The molecule has 0 aliphatic carbocycles. The van der Waals surface area contributed by atoms with Crippen LogP contribution in [0.15, 0.2) is 59.6 Å². The van der Waals surface area contributed by atoms with E-state index >= 15 is 0 Å². The molecule has 0 bridgehead atoms. The number of halogens is 3. The average molecular weight is 485 g/mol. The van der Waals surface area contributed by atoms with Crippen LogP contribution < -0.4 is 5.32 Å². The Balaban J connectivity index is 1.57. The van der Waals surface area contributed by atoms with E-state index in [1.165, 1.54) is 23.5 Å². The summed E-state index contributed by atoms with van der Waals surface area (Å²) in [7, 11) is 1.75. The van der Waals surface area contributed by atoms with Gasteiger partial charge in [0.15, 0.2) is 5.65 Å². The Morgan fingerprint density at radius 1 is 1.18 bits per heavy atom. The molecule has 0 radical (unpaired) electrons. The topological polar surface area (TPSA) is 85.0 Å². The third-order valence-corrected chi connectivity index (χ3v) is 6.16. The van der Waals surface area contributed by atoms with Gasteiger partial charge >= 0.3 is 6.18 Å². The molecule has 1 atom stereocenters. The summed E-state index contributed by atoms with van der Waals surface area (Å²) in [5.41, 5.74) is 3.62. The number of benzene rings is 2. The van der Waals surface area contributed by atoms with Crippen molar-refractivity contribution in [3.05, 3.63) is 76.4 Å². The Morgan fingerprint density at radius 3 is 2.59 bits per heavy atom. The minimum absolute atomic E-state index is 0.297. The fraction of sp³-hybridized carbons (Fsp3) is 0.174. The molecule has 1 amide bonds. The van der Waals surface area contributed by atoms with Gasteiger partial charge in [-0.25, -0.2) is 4.98 Å². The number of carbonyl (C=O) groups is 1.